The van der Waals surface area contributed by atoms with Crippen LogP contribution in [0.1, 0.15) is 42.5 Å². The zero-order valence-corrected chi connectivity index (χ0v) is 17.3. The SMILES string of the molecule is COc1ccc(CNc2nc(-c3ccco3)nn2C(=O)C2CCCCC2)cc1OC. The summed E-state index contributed by atoms with van der Waals surface area (Å²) in [5.74, 6) is 2.59. The van der Waals surface area contributed by atoms with Crippen LogP contribution in [-0.4, -0.2) is 34.9 Å². The van der Waals surface area contributed by atoms with Crippen molar-refractivity contribution < 1.29 is 18.7 Å². The van der Waals surface area contributed by atoms with Crippen molar-refractivity contribution >= 4 is 11.9 Å². The molecular formula is C22H26N4O4. The quantitative estimate of drug-likeness (QED) is 0.618. The Morgan fingerprint density at radius 3 is 2.67 bits per heavy atom. The summed E-state index contributed by atoms with van der Waals surface area (Å²) in [6.45, 7) is 0.453. The van der Waals surface area contributed by atoms with Gasteiger partial charge in [-0.05, 0) is 42.7 Å². The molecule has 0 atom stereocenters. The summed E-state index contributed by atoms with van der Waals surface area (Å²) in [5, 5.41) is 7.71. The van der Waals surface area contributed by atoms with Crippen LogP contribution in [0.2, 0.25) is 0 Å². The Morgan fingerprint density at radius 1 is 1.17 bits per heavy atom. The molecule has 3 aromatic rings. The Bertz CT molecular complexity index is 991. The van der Waals surface area contributed by atoms with Crippen LogP contribution in [0.25, 0.3) is 11.6 Å². The predicted octanol–water partition coefficient (Wildman–Crippen LogP) is 4.39. The molecule has 0 bridgehead atoms. The van der Waals surface area contributed by atoms with Crippen molar-refractivity contribution in [2.45, 2.75) is 38.6 Å². The standard InChI is InChI=1S/C22H26N4O4/c1-28-17-11-10-15(13-19(17)29-2)14-23-22-24-20(18-9-6-12-30-18)25-26(22)21(27)16-7-4-3-5-8-16/h6,9-13,16H,3-5,7-8,14H2,1-2H3,(H,23,24,25). The molecule has 30 heavy (non-hydrogen) atoms. The molecule has 1 N–H and O–H groups in total. The molecule has 2 heterocycles. The van der Waals surface area contributed by atoms with Gasteiger partial charge in [-0.25, -0.2) is 0 Å². The lowest BCUT2D eigenvalue weighted by Crippen LogP contribution is -2.26. The van der Waals surface area contributed by atoms with E-state index in [2.05, 4.69) is 15.4 Å². The van der Waals surface area contributed by atoms with Crippen LogP contribution in [-0.2, 0) is 6.54 Å². The molecule has 1 saturated carbocycles. The Morgan fingerprint density at radius 2 is 1.97 bits per heavy atom. The number of ether oxygens (including phenoxy) is 2. The molecule has 0 saturated heterocycles. The second-order valence-electron chi connectivity index (χ2n) is 7.36. The van der Waals surface area contributed by atoms with Gasteiger partial charge in [0.2, 0.25) is 11.8 Å². The molecule has 1 aliphatic carbocycles. The molecule has 0 aliphatic heterocycles. The second-order valence-corrected chi connectivity index (χ2v) is 7.36. The van der Waals surface area contributed by atoms with E-state index >= 15 is 0 Å². The van der Waals surface area contributed by atoms with Gasteiger partial charge in [0.05, 0.1) is 20.5 Å². The van der Waals surface area contributed by atoms with Crippen LogP contribution in [0.15, 0.2) is 41.0 Å². The Hall–Kier alpha value is -3.29. The van der Waals surface area contributed by atoms with Crippen LogP contribution < -0.4 is 14.8 Å². The number of hydrogen-bond acceptors (Lipinski definition) is 7. The van der Waals surface area contributed by atoms with E-state index in [0.717, 1.165) is 31.2 Å². The Labute approximate surface area is 175 Å². The van der Waals surface area contributed by atoms with Crippen LogP contribution in [0, 0.1) is 5.92 Å². The fourth-order valence-corrected chi connectivity index (χ4v) is 3.78. The maximum Gasteiger partial charge on any atom is 0.253 e. The van der Waals surface area contributed by atoms with Gasteiger partial charge in [0, 0.05) is 12.5 Å². The van der Waals surface area contributed by atoms with Crippen molar-refractivity contribution in [3.8, 4) is 23.1 Å². The van der Waals surface area contributed by atoms with E-state index in [4.69, 9.17) is 13.9 Å². The topological polar surface area (TPSA) is 91.4 Å². The number of nitrogens with one attached hydrogen (secondary N) is 1. The van der Waals surface area contributed by atoms with E-state index in [0.29, 0.717) is 35.6 Å². The van der Waals surface area contributed by atoms with E-state index in [1.807, 2.05) is 18.2 Å². The summed E-state index contributed by atoms with van der Waals surface area (Å²) in [6.07, 6.45) is 6.68. The fourth-order valence-electron chi connectivity index (χ4n) is 3.78. The molecule has 4 rings (SSSR count). The largest absolute Gasteiger partial charge is 0.493 e. The third-order valence-electron chi connectivity index (χ3n) is 5.41. The number of furan rings is 1. The summed E-state index contributed by atoms with van der Waals surface area (Å²) >= 11 is 0. The average Bonchev–Trinajstić information content (AvgIpc) is 3.47. The third kappa shape index (κ3) is 4.17. The molecule has 8 nitrogen and oxygen atoms in total. The highest BCUT2D eigenvalue weighted by Crippen LogP contribution is 2.29. The monoisotopic (exact) mass is 410 g/mol. The Balaban J connectivity index is 1.58. The molecule has 0 unspecified atom stereocenters. The van der Waals surface area contributed by atoms with E-state index in [1.54, 1.807) is 32.6 Å². The maximum atomic E-state index is 13.2. The highest BCUT2D eigenvalue weighted by molar-refractivity contribution is 5.83. The van der Waals surface area contributed by atoms with Crippen molar-refractivity contribution in [1.82, 2.24) is 14.8 Å². The number of nitrogens with zero attached hydrogens (tertiary/aromatic N) is 3. The lowest BCUT2D eigenvalue weighted by Gasteiger charge is -2.20. The van der Waals surface area contributed by atoms with Crippen LogP contribution in [0.4, 0.5) is 5.95 Å². The number of aromatic nitrogens is 3. The van der Waals surface area contributed by atoms with Gasteiger partial charge in [-0.2, -0.15) is 9.67 Å². The zero-order chi connectivity index (χ0) is 20.9. The number of rotatable bonds is 7. The minimum absolute atomic E-state index is 0.0187. The first kappa shape index (κ1) is 20.0. The van der Waals surface area contributed by atoms with Crippen LogP contribution in [0.3, 0.4) is 0 Å². The smallest absolute Gasteiger partial charge is 0.253 e. The first-order valence-corrected chi connectivity index (χ1v) is 10.2. The van der Waals surface area contributed by atoms with Gasteiger partial charge in [0.15, 0.2) is 17.3 Å². The zero-order valence-electron chi connectivity index (χ0n) is 17.3. The Kier molecular flexibility index (Phi) is 6.02. The van der Waals surface area contributed by atoms with Crippen molar-refractivity contribution in [2.24, 2.45) is 5.92 Å². The molecule has 1 fully saturated rings. The van der Waals surface area contributed by atoms with Gasteiger partial charge in [-0.15, -0.1) is 5.10 Å². The summed E-state index contributed by atoms with van der Waals surface area (Å²) in [5.41, 5.74) is 0.965. The number of anilines is 1. The number of hydrogen-bond donors (Lipinski definition) is 1. The highest BCUT2D eigenvalue weighted by Gasteiger charge is 2.27. The van der Waals surface area contributed by atoms with Gasteiger partial charge >= 0.3 is 0 Å². The van der Waals surface area contributed by atoms with Crippen molar-refractivity contribution in [1.29, 1.82) is 0 Å². The number of benzene rings is 1. The van der Waals surface area contributed by atoms with E-state index in [9.17, 15) is 4.79 Å². The van der Waals surface area contributed by atoms with E-state index in [1.165, 1.54) is 11.1 Å². The first-order valence-electron chi connectivity index (χ1n) is 10.2. The van der Waals surface area contributed by atoms with Gasteiger partial charge in [-0.3, -0.25) is 4.79 Å². The molecule has 2 aromatic heterocycles. The number of methoxy groups -OCH3 is 2. The molecule has 158 valence electrons. The maximum absolute atomic E-state index is 13.2. The predicted molar refractivity (Wildman–Crippen MR) is 112 cm³/mol. The van der Waals surface area contributed by atoms with Gasteiger partial charge in [-0.1, -0.05) is 25.3 Å². The number of carbonyl (C=O) groups is 1. The number of carbonyl (C=O) groups excluding carboxylic acids is 1. The first-order chi connectivity index (χ1) is 14.7. The minimum Gasteiger partial charge on any atom is -0.493 e. The average molecular weight is 410 g/mol. The molecule has 8 heteroatoms. The van der Waals surface area contributed by atoms with Crippen molar-refractivity contribution in [2.75, 3.05) is 19.5 Å². The second kappa shape index (κ2) is 9.02. The van der Waals surface area contributed by atoms with Crippen molar-refractivity contribution in [3.63, 3.8) is 0 Å². The van der Waals surface area contributed by atoms with Gasteiger partial charge in [0.1, 0.15) is 0 Å². The molecule has 0 radical (unpaired) electrons. The minimum atomic E-state index is -0.0217. The summed E-state index contributed by atoms with van der Waals surface area (Å²) in [7, 11) is 3.20. The van der Waals surface area contributed by atoms with Gasteiger partial charge < -0.3 is 19.2 Å². The lowest BCUT2D eigenvalue weighted by atomic mass is 9.89. The highest BCUT2D eigenvalue weighted by atomic mass is 16.5. The molecule has 0 spiro atoms. The van der Waals surface area contributed by atoms with Gasteiger partial charge in [0.25, 0.3) is 5.91 Å². The normalized spacial score (nSPS) is 14.5. The fraction of sp³-hybridized carbons (Fsp3) is 0.409. The lowest BCUT2D eigenvalue weighted by molar-refractivity contribution is 0.0787. The summed E-state index contributed by atoms with van der Waals surface area (Å²) in [4.78, 5) is 17.7. The molecule has 0 amide bonds. The summed E-state index contributed by atoms with van der Waals surface area (Å²) < 4.78 is 17.5. The molecule has 1 aromatic carbocycles. The molecular weight excluding hydrogens is 384 g/mol. The van der Waals surface area contributed by atoms with E-state index in [-0.39, 0.29) is 11.8 Å². The summed E-state index contributed by atoms with van der Waals surface area (Å²) in [6, 6.07) is 9.23. The van der Waals surface area contributed by atoms with E-state index < -0.39 is 0 Å². The van der Waals surface area contributed by atoms with Crippen LogP contribution in [0.5, 0.6) is 11.5 Å². The third-order valence-corrected chi connectivity index (χ3v) is 5.41. The van der Waals surface area contributed by atoms with Crippen LogP contribution >= 0.6 is 0 Å². The van der Waals surface area contributed by atoms with Crippen molar-refractivity contribution in [3.05, 3.63) is 42.2 Å². The molecule has 1 aliphatic rings.